The topological polar surface area (TPSA) is 20.2 Å². The predicted molar refractivity (Wildman–Crippen MR) is 160 cm³/mol. The first-order chi connectivity index (χ1) is 16.3. The van der Waals surface area contributed by atoms with E-state index in [2.05, 4.69) is 71.1 Å². The van der Waals surface area contributed by atoms with E-state index in [1.165, 1.54) is 118 Å². The summed E-state index contributed by atoms with van der Waals surface area (Å²) in [6.07, 6.45) is 20.6. The number of unbranched alkanes of at least 4 members (excludes halogenated alkanes) is 12. The van der Waals surface area contributed by atoms with Crippen molar-refractivity contribution in [3.8, 4) is 5.75 Å². The van der Waals surface area contributed by atoms with Crippen molar-refractivity contribution < 1.29 is 5.11 Å². The molecule has 0 amide bonds. The van der Waals surface area contributed by atoms with Crippen molar-refractivity contribution in [1.82, 2.24) is 0 Å². The molecule has 0 saturated heterocycles. The molecule has 0 aliphatic heterocycles. The van der Waals surface area contributed by atoms with E-state index in [4.69, 9.17) is 0 Å². The average molecular weight is 509 g/mol. The number of phenolic OH excluding ortho intramolecular Hbond substituents is 1. The molecule has 0 aliphatic rings. The summed E-state index contributed by atoms with van der Waals surface area (Å²) in [6, 6.07) is 2.27. The van der Waals surface area contributed by atoms with E-state index in [-0.39, 0.29) is 5.41 Å². The lowest BCUT2D eigenvalue weighted by atomic mass is 9.82. The third-order valence-electron chi connectivity index (χ3n) is 7.07. The fourth-order valence-electron chi connectivity index (χ4n) is 4.54. The van der Waals surface area contributed by atoms with Gasteiger partial charge in [0.1, 0.15) is 5.75 Å². The maximum absolute atomic E-state index is 10.6. The Balaban J connectivity index is 1.98. The monoisotopic (exact) mass is 508 g/mol. The van der Waals surface area contributed by atoms with Crippen molar-refractivity contribution in [3.63, 3.8) is 0 Å². The summed E-state index contributed by atoms with van der Waals surface area (Å²) < 4.78 is 0. The molecule has 1 rings (SSSR count). The van der Waals surface area contributed by atoms with Gasteiger partial charge in [-0.2, -0.15) is 23.5 Å². The largest absolute Gasteiger partial charge is 0.507 e. The molecule has 0 atom stereocenters. The van der Waals surface area contributed by atoms with E-state index in [9.17, 15) is 5.11 Å². The van der Waals surface area contributed by atoms with Crippen molar-refractivity contribution >= 4 is 23.5 Å². The molecule has 198 valence electrons. The van der Waals surface area contributed by atoms with Crippen molar-refractivity contribution in [2.24, 2.45) is 0 Å². The Morgan fingerprint density at radius 3 is 1.65 bits per heavy atom. The molecule has 0 saturated carbocycles. The van der Waals surface area contributed by atoms with Gasteiger partial charge in [-0.3, -0.25) is 0 Å². The molecule has 1 nitrogen and oxygen atoms in total. The standard InChI is InChI=1S/C31H56OS2/c1-7-8-9-10-16-19-22-33-25-34-23-20-17-14-12-11-13-15-18-21-28-24-29(31(4,5)6)30(32)27(3)26(28)2/h24,32H,7-23,25H2,1-6H3. The molecule has 1 aromatic carbocycles. The second-order valence-corrected chi connectivity index (χ2v) is 13.8. The van der Waals surface area contributed by atoms with Gasteiger partial charge in [-0.15, -0.1) is 0 Å². The van der Waals surface area contributed by atoms with Crippen LogP contribution in [0.15, 0.2) is 6.07 Å². The minimum Gasteiger partial charge on any atom is -0.507 e. The van der Waals surface area contributed by atoms with Gasteiger partial charge in [0.2, 0.25) is 0 Å². The quantitative estimate of drug-likeness (QED) is 0.140. The van der Waals surface area contributed by atoms with Crippen LogP contribution in [0.1, 0.15) is 140 Å². The van der Waals surface area contributed by atoms with Gasteiger partial charge in [0.05, 0.1) is 0 Å². The van der Waals surface area contributed by atoms with Crippen LogP contribution in [0.3, 0.4) is 0 Å². The number of hydrogen-bond donors (Lipinski definition) is 1. The molecule has 0 unspecified atom stereocenters. The summed E-state index contributed by atoms with van der Waals surface area (Å²) in [7, 11) is 0. The van der Waals surface area contributed by atoms with E-state index in [0.29, 0.717) is 5.75 Å². The Morgan fingerprint density at radius 2 is 1.15 bits per heavy atom. The molecular weight excluding hydrogens is 452 g/mol. The molecule has 1 N–H and O–H groups in total. The summed E-state index contributed by atoms with van der Waals surface area (Å²) >= 11 is 4.30. The maximum Gasteiger partial charge on any atom is 0.122 e. The number of aryl methyl sites for hydroxylation is 1. The minimum absolute atomic E-state index is 0.0117. The number of rotatable bonds is 20. The van der Waals surface area contributed by atoms with Gasteiger partial charge in [0.15, 0.2) is 0 Å². The lowest BCUT2D eigenvalue weighted by Crippen LogP contribution is -2.13. The highest BCUT2D eigenvalue weighted by Crippen LogP contribution is 2.36. The van der Waals surface area contributed by atoms with E-state index in [0.717, 1.165) is 17.5 Å². The zero-order valence-corrected chi connectivity index (χ0v) is 25.2. The Hall–Kier alpha value is -0.280. The first-order valence-corrected chi connectivity index (χ1v) is 16.6. The van der Waals surface area contributed by atoms with Gasteiger partial charge < -0.3 is 5.11 Å². The fraction of sp³-hybridized carbons (Fsp3) is 0.806. The summed E-state index contributed by atoms with van der Waals surface area (Å²) in [5.74, 6) is 3.22. The zero-order valence-electron chi connectivity index (χ0n) is 23.6. The Labute approximate surface area is 222 Å². The molecule has 0 heterocycles. The molecule has 34 heavy (non-hydrogen) atoms. The highest BCUT2D eigenvalue weighted by Gasteiger charge is 2.21. The van der Waals surface area contributed by atoms with Gasteiger partial charge in [0.25, 0.3) is 0 Å². The van der Waals surface area contributed by atoms with E-state index in [1.807, 2.05) is 0 Å². The van der Waals surface area contributed by atoms with E-state index >= 15 is 0 Å². The summed E-state index contributed by atoms with van der Waals surface area (Å²) in [5, 5.41) is 11.9. The Kier molecular flexibility index (Phi) is 17.7. The number of phenols is 1. The summed E-state index contributed by atoms with van der Waals surface area (Å²) in [6.45, 7) is 13.1. The second kappa shape index (κ2) is 18.9. The summed E-state index contributed by atoms with van der Waals surface area (Å²) in [4.78, 5) is 0. The molecule has 1 aromatic rings. The zero-order chi connectivity index (χ0) is 25.2. The molecular formula is C31H56OS2. The van der Waals surface area contributed by atoms with Crippen molar-refractivity contribution in [2.45, 2.75) is 143 Å². The van der Waals surface area contributed by atoms with E-state index < -0.39 is 0 Å². The fourth-order valence-corrected chi connectivity index (χ4v) is 6.77. The van der Waals surface area contributed by atoms with Crippen LogP contribution in [0.4, 0.5) is 0 Å². The molecule has 0 fully saturated rings. The molecule has 0 aromatic heterocycles. The van der Waals surface area contributed by atoms with Crippen LogP contribution >= 0.6 is 23.5 Å². The Morgan fingerprint density at radius 1 is 0.676 bits per heavy atom. The highest BCUT2D eigenvalue weighted by atomic mass is 32.2. The predicted octanol–water partition coefficient (Wildman–Crippen LogP) is 10.8. The first-order valence-electron chi connectivity index (χ1n) is 14.3. The maximum atomic E-state index is 10.6. The number of aromatic hydroxyl groups is 1. The minimum atomic E-state index is -0.0117. The Bertz CT molecular complexity index is 648. The van der Waals surface area contributed by atoms with Crippen LogP contribution in [0.2, 0.25) is 0 Å². The van der Waals surface area contributed by atoms with Crippen LogP contribution < -0.4 is 0 Å². The lowest BCUT2D eigenvalue weighted by molar-refractivity contribution is 0.441. The van der Waals surface area contributed by atoms with Gasteiger partial charge in [-0.1, -0.05) is 104 Å². The number of benzene rings is 1. The summed E-state index contributed by atoms with van der Waals surface area (Å²) in [5.41, 5.74) is 4.87. The second-order valence-electron chi connectivity index (χ2n) is 11.2. The molecule has 0 bridgehead atoms. The lowest BCUT2D eigenvalue weighted by Gasteiger charge is -2.24. The first kappa shape index (κ1) is 31.7. The molecule has 0 aliphatic carbocycles. The molecule has 3 heteroatoms. The smallest absolute Gasteiger partial charge is 0.122 e. The molecule has 0 radical (unpaired) electrons. The SMILES string of the molecule is CCCCCCCCSCSCCCCCCCCCCc1cc(C(C)(C)C)c(O)c(C)c1C. The van der Waals surface area contributed by atoms with Crippen molar-refractivity contribution in [3.05, 3.63) is 28.3 Å². The average Bonchev–Trinajstić information content (AvgIpc) is 2.79. The van der Waals surface area contributed by atoms with Crippen LogP contribution in [-0.2, 0) is 11.8 Å². The normalized spacial score (nSPS) is 11.9. The van der Waals surface area contributed by atoms with Crippen molar-refractivity contribution in [1.29, 1.82) is 0 Å². The van der Waals surface area contributed by atoms with Gasteiger partial charge in [-0.05, 0) is 78.7 Å². The van der Waals surface area contributed by atoms with Crippen LogP contribution in [-0.4, -0.2) is 21.7 Å². The van der Waals surface area contributed by atoms with E-state index in [1.54, 1.807) is 0 Å². The van der Waals surface area contributed by atoms with Gasteiger partial charge in [0, 0.05) is 5.08 Å². The number of thioether (sulfide) groups is 2. The van der Waals surface area contributed by atoms with Crippen LogP contribution in [0.5, 0.6) is 5.75 Å². The van der Waals surface area contributed by atoms with Crippen LogP contribution in [0, 0.1) is 13.8 Å². The van der Waals surface area contributed by atoms with Crippen LogP contribution in [0.25, 0.3) is 0 Å². The molecule has 0 spiro atoms. The van der Waals surface area contributed by atoms with Gasteiger partial charge in [-0.25, -0.2) is 0 Å². The van der Waals surface area contributed by atoms with Crippen molar-refractivity contribution in [2.75, 3.05) is 16.6 Å². The van der Waals surface area contributed by atoms with Gasteiger partial charge >= 0.3 is 0 Å². The number of hydrogen-bond acceptors (Lipinski definition) is 3. The third kappa shape index (κ3) is 13.7. The highest BCUT2D eigenvalue weighted by molar-refractivity contribution is 8.15. The third-order valence-corrected chi connectivity index (χ3v) is 9.56.